The minimum Gasteiger partial charge on any atom is -0.314 e. The fourth-order valence-corrected chi connectivity index (χ4v) is 2.67. The molecule has 0 atom stereocenters. The fraction of sp³-hybridized carbons (Fsp3) is 0.500. The SMILES string of the molecule is CN(C(=O)C(C)(C)N1CCNCC1)c1cccc(C#N)c1. The molecule has 0 spiro atoms. The molecule has 1 saturated heterocycles. The van der Waals surface area contributed by atoms with Crippen molar-refractivity contribution < 1.29 is 4.79 Å². The van der Waals surface area contributed by atoms with Crippen molar-refractivity contribution in [1.29, 1.82) is 5.26 Å². The highest BCUT2D eigenvalue weighted by Gasteiger charge is 2.37. The minimum atomic E-state index is -0.556. The lowest BCUT2D eigenvalue weighted by Gasteiger charge is -2.41. The molecule has 1 heterocycles. The maximum Gasteiger partial charge on any atom is 0.246 e. The molecule has 0 bridgehead atoms. The number of piperazine rings is 1. The molecule has 1 aliphatic heterocycles. The van der Waals surface area contributed by atoms with E-state index in [1.165, 1.54) is 0 Å². The smallest absolute Gasteiger partial charge is 0.246 e. The monoisotopic (exact) mass is 286 g/mol. The number of benzene rings is 1. The molecule has 1 aliphatic rings. The van der Waals surface area contributed by atoms with Crippen LogP contribution in [0.5, 0.6) is 0 Å². The highest BCUT2D eigenvalue weighted by Crippen LogP contribution is 2.22. The zero-order valence-electron chi connectivity index (χ0n) is 12.9. The third kappa shape index (κ3) is 3.23. The third-order valence-corrected chi connectivity index (χ3v) is 4.10. The molecule has 1 aromatic carbocycles. The number of nitrogens with one attached hydrogen (secondary N) is 1. The summed E-state index contributed by atoms with van der Waals surface area (Å²) in [5.74, 6) is 0.0412. The van der Waals surface area contributed by atoms with Crippen LogP contribution in [0, 0.1) is 11.3 Å². The molecule has 2 rings (SSSR count). The Labute approximate surface area is 126 Å². The first kappa shape index (κ1) is 15.5. The molecule has 5 nitrogen and oxygen atoms in total. The minimum absolute atomic E-state index is 0.0412. The Kier molecular flexibility index (Phi) is 4.61. The maximum absolute atomic E-state index is 12.8. The summed E-state index contributed by atoms with van der Waals surface area (Å²) < 4.78 is 0. The Morgan fingerprint density at radius 3 is 2.67 bits per heavy atom. The molecule has 21 heavy (non-hydrogen) atoms. The number of rotatable bonds is 3. The third-order valence-electron chi connectivity index (χ3n) is 4.10. The molecule has 0 aromatic heterocycles. The molecule has 0 radical (unpaired) electrons. The summed E-state index contributed by atoms with van der Waals surface area (Å²) >= 11 is 0. The van der Waals surface area contributed by atoms with Crippen LogP contribution in [0.25, 0.3) is 0 Å². The normalized spacial score (nSPS) is 16.3. The molecular formula is C16H22N4O. The first-order valence-corrected chi connectivity index (χ1v) is 7.21. The van der Waals surface area contributed by atoms with Crippen LogP contribution < -0.4 is 10.2 Å². The number of amides is 1. The number of carbonyl (C=O) groups excluding carboxylic acids is 1. The van der Waals surface area contributed by atoms with Gasteiger partial charge in [0.05, 0.1) is 17.2 Å². The average molecular weight is 286 g/mol. The quantitative estimate of drug-likeness (QED) is 0.907. The number of nitriles is 1. The zero-order chi connectivity index (χ0) is 15.5. The van der Waals surface area contributed by atoms with E-state index in [1.54, 1.807) is 30.1 Å². The topological polar surface area (TPSA) is 59.4 Å². The van der Waals surface area contributed by atoms with Crippen LogP contribution in [-0.4, -0.2) is 49.6 Å². The Morgan fingerprint density at radius 1 is 1.38 bits per heavy atom. The van der Waals surface area contributed by atoms with Crippen LogP contribution in [0.15, 0.2) is 24.3 Å². The van der Waals surface area contributed by atoms with E-state index in [-0.39, 0.29) is 5.91 Å². The van der Waals surface area contributed by atoms with Crippen LogP contribution in [-0.2, 0) is 4.79 Å². The molecular weight excluding hydrogens is 264 g/mol. The molecule has 1 N–H and O–H groups in total. The molecule has 0 aliphatic carbocycles. The van der Waals surface area contributed by atoms with Gasteiger partial charge in [-0.2, -0.15) is 5.26 Å². The molecule has 0 saturated carbocycles. The summed E-state index contributed by atoms with van der Waals surface area (Å²) in [5, 5.41) is 12.3. The summed E-state index contributed by atoms with van der Waals surface area (Å²) in [6.07, 6.45) is 0. The molecule has 1 aromatic rings. The van der Waals surface area contributed by atoms with E-state index in [1.807, 2.05) is 19.9 Å². The van der Waals surface area contributed by atoms with Crippen LogP contribution in [0.3, 0.4) is 0 Å². The highest BCUT2D eigenvalue weighted by molar-refractivity contribution is 5.99. The number of nitrogens with zero attached hydrogens (tertiary/aromatic N) is 3. The predicted molar refractivity (Wildman–Crippen MR) is 83.1 cm³/mol. The summed E-state index contributed by atoms with van der Waals surface area (Å²) in [7, 11) is 1.77. The lowest BCUT2D eigenvalue weighted by Crippen LogP contribution is -2.60. The van der Waals surface area contributed by atoms with E-state index in [0.717, 1.165) is 31.9 Å². The van der Waals surface area contributed by atoms with Gasteiger partial charge in [-0.15, -0.1) is 0 Å². The van der Waals surface area contributed by atoms with Gasteiger partial charge in [-0.1, -0.05) is 6.07 Å². The molecule has 0 unspecified atom stereocenters. The lowest BCUT2D eigenvalue weighted by atomic mass is 9.99. The van der Waals surface area contributed by atoms with Gasteiger partial charge >= 0.3 is 0 Å². The average Bonchev–Trinajstić information content (AvgIpc) is 2.54. The van der Waals surface area contributed by atoms with Crippen molar-refractivity contribution in [3.63, 3.8) is 0 Å². The van der Waals surface area contributed by atoms with Gasteiger partial charge in [-0.3, -0.25) is 9.69 Å². The second kappa shape index (κ2) is 6.25. The van der Waals surface area contributed by atoms with Crippen LogP contribution in [0.2, 0.25) is 0 Å². The van der Waals surface area contributed by atoms with Gasteiger partial charge in [0.15, 0.2) is 0 Å². The zero-order valence-corrected chi connectivity index (χ0v) is 12.9. The van der Waals surface area contributed by atoms with E-state index >= 15 is 0 Å². The standard InChI is InChI=1S/C16H22N4O/c1-16(2,20-9-7-18-8-10-20)15(21)19(3)14-6-4-5-13(11-14)12-17/h4-6,11,18H,7-10H2,1-3H3. The molecule has 1 fully saturated rings. The molecule has 112 valence electrons. The second-order valence-corrected chi connectivity index (χ2v) is 5.82. The van der Waals surface area contributed by atoms with Crippen molar-refractivity contribution >= 4 is 11.6 Å². The largest absolute Gasteiger partial charge is 0.314 e. The summed E-state index contributed by atoms with van der Waals surface area (Å²) in [6.45, 7) is 7.47. The lowest BCUT2D eigenvalue weighted by molar-refractivity contribution is -0.129. The van der Waals surface area contributed by atoms with E-state index in [0.29, 0.717) is 5.56 Å². The van der Waals surface area contributed by atoms with E-state index < -0.39 is 5.54 Å². The summed E-state index contributed by atoms with van der Waals surface area (Å²) in [6, 6.07) is 9.24. The molecule has 1 amide bonds. The number of hydrogen-bond acceptors (Lipinski definition) is 4. The van der Waals surface area contributed by atoms with Gasteiger partial charge in [0.2, 0.25) is 5.91 Å². The van der Waals surface area contributed by atoms with Gasteiger partial charge in [0.1, 0.15) is 0 Å². The van der Waals surface area contributed by atoms with Crippen molar-refractivity contribution in [3.8, 4) is 6.07 Å². The maximum atomic E-state index is 12.8. The fourth-order valence-electron chi connectivity index (χ4n) is 2.67. The number of anilines is 1. The van der Waals surface area contributed by atoms with Crippen molar-refractivity contribution in [2.75, 3.05) is 38.1 Å². The Bertz CT molecular complexity index is 556. The van der Waals surface area contributed by atoms with Crippen LogP contribution in [0.4, 0.5) is 5.69 Å². The van der Waals surface area contributed by atoms with E-state index in [4.69, 9.17) is 5.26 Å². The Hall–Kier alpha value is -1.90. The van der Waals surface area contributed by atoms with Gasteiger partial charge in [-0.05, 0) is 32.0 Å². The van der Waals surface area contributed by atoms with Crippen LogP contribution in [0.1, 0.15) is 19.4 Å². The number of likely N-dealkylation sites (N-methyl/N-ethyl adjacent to an activating group) is 1. The van der Waals surface area contributed by atoms with Gasteiger partial charge in [-0.25, -0.2) is 0 Å². The Balaban J connectivity index is 2.19. The van der Waals surface area contributed by atoms with Gasteiger partial charge in [0.25, 0.3) is 0 Å². The van der Waals surface area contributed by atoms with Crippen molar-refractivity contribution in [1.82, 2.24) is 10.2 Å². The van der Waals surface area contributed by atoms with Crippen molar-refractivity contribution in [3.05, 3.63) is 29.8 Å². The van der Waals surface area contributed by atoms with Gasteiger partial charge < -0.3 is 10.2 Å². The highest BCUT2D eigenvalue weighted by atomic mass is 16.2. The second-order valence-electron chi connectivity index (χ2n) is 5.82. The first-order valence-electron chi connectivity index (χ1n) is 7.21. The van der Waals surface area contributed by atoms with Gasteiger partial charge in [0, 0.05) is 38.9 Å². The number of carbonyl (C=O) groups is 1. The first-order chi connectivity index (χ1) is 9.96. The van der Waals surface area contributed by atoms with E-state index in [9.17, 15) is 4.79 Å². The predicted octanol–water partition coefficient (Wildman–Crippen LogP) is 1.20. The van der Waals surface area contributed by atoms with Crippen LogP contribution >= 0.6 is 0 Å². The molecule has 5 heteroatoms. The van der Waals surface area contributed by atoms with E-state index in [2.05, 4.69) is 16.3 Å². The summed E-state index contributed by atoms with van der Waals surface area (Å²) in [5.41, 5.74) is 0.758. The summed E-state index contributed by atoms with van der Waals surface area (Å²) in [4.78, 5) is 16.7. The number of hydrogen-bond donors (Lipinski definition) is 1. The van der Waals surface area contributed by atoms with Crippen molar-refractivity contribution in [2.24, 2.45) is 0 Å². The van der Waals surface area contributed by atoms with Crippen molar-refractivity contribution in [2.45, 2.75) is 19.4 Å². The Morgan fingerprint density at radius 2 is 2.05 bits per heavy atom.